The van der Waals surface area contributed by atoms with Crippen LogP contribution in [0.15, 0.2) is 54.7 Å². The number of carboxylic acids is 1. The van der Waals surface area contributed by atoms with Gasteiger partial charge < -0.3 is 20.5 Å². The first-order valence-corrected chi connectivity index (χ1v) is 10.9. The summed E-state index contributed by atoms with van der Waals surface area (Å²) in [6, 6.07) is 14.6. The number of amides is 2. The zero-order valence-corrected chi connectivity index (χ0v) is 18.9. The quantitative estimate of drug-likeness (QED) is 0.473. The molecule has 0 radical (unpaired) electrons. The average Bonchev–Trinajstić information content (AvgIpc) is 3.31. The van der Waals surface area contributed by atoms with Gasteiger partial charge in [-0.15, -0.1) is 0 Å². The number of carbonyl (C=O) groups is 3. The lowest BCUT2D eigenvalue weighted by Gasteiger charge is -2.18. The minimum Gasteiger partial charge on any atom is -0.481 e. The smallest absolute Gasteiger partial charge is 0.407 e. The number of nitrogens with zero attached hydrogens (tertiary/aromatic N) is 2. The van der Waals surface area contributed by atoms with Crippen molar-refractivity contribution in [3.8, 4) is 11.1 Å². The van der Waals surface area contributed by atoms with Crippen LogP contribution in [0.4, 0.5) is 4.79 Å². The normalized spacial score (nSPS) is 13.0. The monoisotopic (exact) mass is 462 g/mol. The number of aromatic nitrogens is 2. The summed E-state index contributed by atoms with van der Waals surface area (Å²) in [5.74, 6) is -1.98. The van der Waals surface area contributed by atoms with Crippen molar-refractivity contribution in [2.45, 2.75) is 31.8 Å². The molecular weight excluding hydrogens is 436 g/mol. The number of ether oxygens (including phenoxy) is 1. The number of carboxylic acid groups (broad SMARTS) is 1. The first-order valence-electron chi connectivity index (χ1n) is 10.9. The summed E-state index contributed by atoms with van der Waals surface area (Å²) >= 11 is 0. The van der Waals surface area contributed by atoms with Crippen LogP contribution >= 0.6 is 0 Å². The zero-order chi connectivity index (χ0) is 24.2. The number of aryl methyl sites for hydroxylation is 2. The van der Waals surface area contributed by atoms with Gasteiger partial charge in [0, 0.05) is 19.2 Å². The van der Waals surface area contributed by atoms with Gasteiger partial charge in [0.15, 0.2) is 0 Å². The Morgan fingerprint density at radius 1 is 1.09 bits per heavy atom. The average molecular weight is 463 g/mol. The van der Waals surface area contributed by atoms with E-state index in [2.05, 4.69) is 15.7 Å². The van der Waals surface area contributed by atoms with E-state index in [1.54, 1.807) is 11.7 Å². The number of hydrogen-bond acceptors (Lipinski definition) is 5. The van der Waals surface area contributed by atoms with Gasteiger partial charge in [-0.1, -0.05) is 48.5 Å². The van der Waals surface area contributed by atoms with Gasteiger partial charge in [0.1, 0.15) is 12.6 Å². The van der Waals surface area contributed by atoms with Crippen molar-refractivity contribution in [1.29, 1.82) is 0 Å². The minimum atomic E-state index is -1.28. The van der Waals surface area contributed by atoms with E-state index in [1.165, 1.54) is 0 Å². The Labute approximate surface area is 196 Å². The first-order chi connectivity index (χ1) is 16.3. The molecule has 1 atom stereocenters. The molecule has 2 amide bonds. The van der Waals surface area contributed by atoms with E-state index in [9.17, 15) is 19.5 Å². The lowest BCUT2D eigenvalue weighted by Crippen LogP contribution is -2.48. The molecule has 1 unspecified atom stereocenters. The number of fused-ring (bicyclic) bond motifs is 3. The SMILES string of the molecule is Cc1cn(C)nc1CNC(=O)C(CC(=O)O)NC(=O)OCC1c2ccccc2-c2ccccc21. The van der Waals surface area contributed by atoms with E-state index in [-0.39, 0.29) is 19.1 Å². The molecule has 3 aromatic rings. The summed E-state index contributed by atoms with van der Waals surface area (Å²) in [5.41, 5.74) is 5.86. The van der Waals surface area contributed by atoms with Crippen LogP contribution < -0.4 is 10.6 Å². The molecule has 4 rings (SSSR count). The Hall–Kier alpha value is -4.14. The number of hydrogen-bond donors (Lipinski definition) is 3. The van der Waals surface area contributed by atoms with Crippen molar-refractivity contribution in [1.82, 2.24) is 20.4 Å². The van der Waals surface area contributed by atoms with Crippen LogP contribution in [0.25, 0.3) is 11.1 Å². The Morgan fingerprint density at radius 2 is 1.71 bits per heavy atom. The summed E-state index contributed by atoms with van der Waals surface area (Å²) in [7, 11) is 1.77. The molecule has 0 aliphatic heterocycles. The number of benzene rings is 2. The van der Waals surface area contributed by atoms with E-state index in [4.69, 9.17) is 4.74 Å². The Balaban J connectivity index is 1.39. The van der Waals surface area contributed by atoms with E-state index in [0.717, 1.165) is 27.8 Å². The van der Waals surface area contributed by atoms with Gasteiger partial charge in [0.25, 0.3) is 0 Å². The number of carbonyl (C=O) groups excluding carboxylic acids is 2. The summed E-state index contributed by atoms with van der Waals surface area (Å²) in [6.45, 7) is 2.04. The molecule has 9 nitrogen and oxygen atoms in total. The maximum Gasteiger partial charge on any atom is 0.407 e. The fraction of sp³-hybridized carbons (Fsp3) is 0.280. The summed E-state index contributed by atoms with van der Waals surface area (Å²) in [4.78, 5) is 36.4. The standard InChI is InChI=1S/C25H26N4O5/c1-15-13-29(2)28-22(15)12-26-24(32)21(11-23(30)31)27-25(33)34-14-20-18-9-5-3-7-16(18)17-8-4-6-10-19(17)20/h3-10,13,20-21H,11-12,14H2,1-2H3,(H,26,32)(H,27,33)(H,30,31). The molecule has 0 fully saturated rings. The molecule has 176 valence electrons. The van der Waals surface area contributed by atoms with E-state index in [0.29, 0.717) is 5.69 Å². The Kier molecular flexibility index (Phi) is 6.62. The third kappa shape index (κ3) is 4.93. The van der Waals surface area contributed by atoms with Crippen molar-refractivity contribution < 1.29 is 24.2 Å². The van der Waals surface area contributed by atoms with Crippen LogP contribution in [0.2, 0.25) is 0 Å². The largest absolute Gasteiger partial charge is 0.481 e. The van der Waals surface area contributed by atoms with Gasteiger partial charge in [0.2, 0.25) is 5.91 Å². The van der Waals surface area contributed by atoms with Gasteiger partial charge >= 0.3 is 12.1 Å². The van der Waals surface area contributed by atoms with Crippen molar-refractivity contribution in [2.24, 2.45) is 7.05 Å². The van der Waals surface area contributed by atoms with Crippen LogP contribution in [-0.4, -0.2) is 45.5 Å². The highest BCUT2D eigenvalue weighted by Gasteiger charge is 2.30. The topological polar surface area (TPSA) is 123 Å². The highest BCUT2D eigenvalue weighted by molar-refractivity contribution is 5.89. The van der Waals surface area contributed by atoms with Gasteiger partial charge in [-0.2, -0.15) is 5.10 Å². The van der Waals surface area contributed by atoms with Crippen LogP contribution in [-0.2, 0) is 27.9 Å². The zero-order valence-electron chi connectivity index (χ0n) is 18.9. The summed E-state index contributed by atoms with van der Waals surface area (Å²) in [6.07, 6.45) is 0.389. The number of alkyl carbamates (subject to hydrolysis) is 1. The molecule has 0 bridgehead atoms. The fourth-order valence-electron chi connectivity index (χ4n) is 4.29. The highest BCUT2D eigenvalue weighted by atomic mass is 16.5. The molecule has 0 saturated carbocycles. The highest BCUT2D eigenvalue weighted by Crippen LogP contribution is 2.44. The van der Waals surface area contributed by atoms with Gasteiger partial charge in [-0.25, -0.2) is 4.79 Å². The third-order valence-electron chi connectivity index (χ3n) is 5.88. The van der Waals surface area contributed by atoms with Gasteiger partial charge in [0.05, 0.1) is 18.7 Å². The molecule has 2 aromatic carbocycles. The molecule has 3 N–H and O–H groups in total. The van der Waals surface area contributed by atoms with E-state index < -0.39 is 30.4 Å². The second-order valence-corrected chi connectivity index (χ2v) is 8.27. The van der Waals surface area contributed by atoms with Crippen molar-refractivity contribution >= 4 is 18.0 Å². The maximum absolute atomic E-state index is 12.6. The molecule has 1 aliphatic rings. The van der Waals surface area contributed by atoms with Gasteiger partial charge in [-0.05, 0) is 34.7 Å². The molecule has 9 heteroatoms. The first kappa shape index (κ1) is 23.0. The second kappa shape index (κ2) is 9.78. The number of nitrogens with one attached hydrogen (secondary N) is 2. The predicted molar refractivity (Wildman–Crippen MR) is 124 cm³/mol. The van der Waals surface area contributed by atoms with Gasteiger partial charge in [-0.3, -0.25) is 14.3 Å². The minimum absolute atomic E-state index is 0.0639. The van der Waals surface area contributed by atoms with Crippen molar-refractivity contribution in [3.05, 3.63) is 77.1 Å². The molecule has 34 heavy (non-hydrogen) atoms. The van der Waals surface area contributed by atoms with Crippen LogP contribution in [0.3, 0.4) is 0 Å². The Bertz CT molecular complexity index is 1190. The molecule has 1 heterocycles. The number of rotatable bonds is 8. The fourth-order valence-corrected chi connectivity index (χ4v) is 4.29. The maximum atomic E-state index is 12.6. The molecular formula is C25H26N4O5. The molecule has 1 aliphatic carbocycles. The molecule has 0 spiro atoms. The van der Waals surface area contributed by atoms with Crippen molar-refractivity contribution in [2.75, 3.05) is 6.61 Å². The molecule has 0 saturated heterocycles. The van der Waals surface area contributed by atoms with Crippen LogP contribution in [0.1, 0.15) is 34.7 Å². The van der Waals surface area contributed by atoms with Crippen molar-refractivity contribution in [3.63, 3.8) is 0 Å². The number of aliphatic carboxylic acids is 1. The summed E-state index contributed by atoms with van der Waals surface area (Å²) < 4.78 is 7.07. The third-order valence-corrected chi connectivity index (χ3v) is 5.88. The van der Waals surface area contributed by atoms with Crippen LogP contribution in [0, 0.1) is 6.92 Å². The second-order valence-electron chi connectivity index (χ2n) is 8.27. The predicted octanol–water partition coefficient (Wildman–Crippen LogP) is 2.73. The Morgan fingerprint density at radius 3 is 2.26 bits per heavy atom. The van der Waals surface area contributed by atoms with E-state index in [1.807, 2.05) is 61.7 Å². The molecule has 1 aromatic heterocycles. The lowest BCUT2D eigenvalue weighted by atomic mass is 9.98. The van der Waals surface area contributed by atoms with E-state index >= 15 is 0 Å². The summed E-state index contributed by atoms with van der Waals surface area (Å²) in [5, 5.41) is 18.5. The van der Waals surface area contributed by atoms with Crippen LogP contribution in [0.5, 0.6) is 0 Å². The lowest BCUT2D eigenvalue weighted by molar-refractivity contribution is -0.139.